The lowest BCUT2D eigenvalue weighted by Gasteiger charge is -2.14. The highest BCUT2D eigenvalue weighted by Gasteiger charge is 2.38. The molecule has 1 aromatic rings. The Labute approximate surface area is 101 Å². The van der Waals surface area contributed by atoms with Gasteiger partial charge in [-0.2, -0.15) is 18.4 Å². The number of carbonyl (C=O) groups is 1. The van der Waals surface area contributed by atoms with Gasteiger partial charge in [0, 0.05) is 5.56 Å². The summed E-state index contributed by atoms with van der Waals surface area (Å²) in [7, 11) is 0. The largest absolute Gasteiger partial charge is 0.416 e. The van der Waals surface area contributed by atoms with Crippen molar-refractivity contribution >= 4 is 5.91 Å². The van der Waals surface area contributed by atoms with Gasteiger partial charge in [-0.3, -0.25) is 4.79 Å². The number of hydrogen-bond donors (Lipinski definition) is 2. The number of hydrogen-bond acceptors (Lipinski definition) is 3. The van der Waals surface area contributed by atoms with Gasteiger partial charge in [-0.25, -0.2) is 0 Å². The summed E-state index contributed by atoms with van der Waals surface area (Å²) in [4.78, 5) is 11.4. The molecular formula is C11H9F3N2O2. The molecule has 2 N–H and O–H groups in total. The Morgan fingerprint density at radius 2 is 1.94 bits per heavy atom. The van der Waals surface area contributed by atoms with Crippen LogP contribution in [0.25, 0.3) is 0 Å². The van der Waals surface area contributed by atoms with Crippen LogP contribution in [0.4, 0.5) is 13.2 Å². The first kappa shape index (κ1) is 14.0. The van der Waals surface area contributed by atoms with Gasteiger partial charge in [-0.05, 0) is 24.3 Å². The van der Waals surface area contributed by atoms with E-state index in [1.165, 1.54) is 24.3 Å². The van der Waals surface area contributed by atoms with Gasteiger partial charge in [0.25, 0.3) is 5.91 Å². The van der Waals surface area contributed by atoms with E-state index in [1.807, 2.05) is 11.4 Å². The molecular weight excluding hydrogens is 249 g/mol. The third-order valence-corrected chi connectivity index (χ3v) is 2.11. The third-order valence-electron chi connectivity index (χ3n) is 2.11. The minimum atomic E-state index is -4.77. The number of rotatable bonds is 3. The van der Waals surface area contributed by atoms with Gasteiger partial charge < -0.3 is 10.4 Å². The summed E-state index contributed by atoms with van der Waals surface area (Å²) in [6.07, 6.45) is -7.36. The standard InChI is InChI=1S/C11H9F3N2O2/c12-11(13,14)9(17)6-16-10(18)8-3-1-7(5-15)2-4-8/h1-4,9,17H,6H2,(H,16,18). The van der Waals surface area contributed by atoms with Crippen LogP contribution in [-0.2, 0) is 0 Å². The molecule has 1 atom stereocenters. The molecule has 1 aromatic carbocycles. The van der Waals surface area contributed by atoms with Crippen LogP contribution in [0.2, 0.25) is 0 Å². The number of nitrogens with one attached hydrogen (secondary N) is 1. The highest BCUT2D eigenvalue weighted by Crippen LogP contribution is 2.19. The molecule has 0 radical (unpaired) electrons. The molecule has 0 saturated carbocycles. The van der Waals surface area contributed by atoms with Crippen molar-refractivity contribution in [2.75, 3.05) is 6.54 Å². The summed E-state index contributed by atoms with van der Waals surface area (Å²) in [6, 6.07) is 7.21. The van der Waals surface area contributed by atoms with Crippen LogP contribution in [-0.4, -0.2) is 29.8 Å². The summed E-state index contributed by atoms with van der Waals surface area (Å²) in [5.74, 6) is -0.747. The first-order chi connectivity index (χ1) is 8.34. The van der Waals surface area contributed by atoms with Crippen molar-refractivity contribution in [2.24, 2.45) is 0 Å². The zero-order chi connectivity index (χ0) is 13.8. The molecule has 1 unspecified atom stereocenters. The van der Waals surface area contributed by atoms with E-state index in [0.717, 1.165) is 0 Å². The SMILES string of the molecule is N#Cc1ccc(C(=O)NCC(O)C(F)(F)F)cc1. The molecule has 1 rings (SSSR count). The van der Waals surface area contributed by atoms with E-state index >= 15 is 0 Å². The number of carbonyl (C=O) groups excluding carboxylic acids is 1. The Kier molecular flexibility index (Phi) is 4.28. The fourth-order valence-electron chi connectivity index (χ4n) is 1.10. The van der Waals surface area contributed by atoms with Crippen LogP contribution < -0.4 is 5.32 Å². The summed E-state index contributed by atoms with van der Waals surface area (Å²) < 4.78 is 35.9. The van der Waals surface area contributed by atoms with Crippen molar-refractivity contribution in [3.8, 4) is 6.07 Å². The van der Waals surface area contributed by atoms with E-state index < -0.39 is 24.7 Å². The minimum Gasteiger partial charge on any atom is -0.382 e. The second-order valence-electron chi connectivity index (χ2n) is 3.46. The molecule has 0 fully saturated rings. The van der Waals surface area contributed by atoms with Crippen LogP contribution in [0.3, 0.4) is 0 Å². The number of benzene rings is 1. The molecule has 96 valence electrons. The van der Waals surface area contributed by atoms with Crippen molar-refractivity contribution in [2.45, 2.75) is 12.3 Å². The topological polar surface area (TPSA) is 73.1 Å². The normalized spacial score (nSPS) is 12.6. The molecule has 0 spiro atoms. The number of aliphatic hydroxyl groups is 1. The molecule has 0 aliphatic heterocycles. The first-order valence-corrected chi connectivity index (χ1v) is 4.87. The number of amides is 1. The van der Waals surface area contributed by atoms with Crippen LogP contribution >= 0.6 is 0 Å². The fraction of sp³-hybridized carbons (Fsp3) is 0.273. The predicted octanol–water partition coefficient (Wildman–Crippen LogP) is 1.21. The number of aliphatic hydroxyl groups excluding tert-OH is 1. The monoisotopic (exact) mass is 258 g/mol. The van der Waals surface area contributed by atoms with E-state index in [-0.39, 0.29) is 5.56 Å². The minimum absolute atomic E-state index is 0.114. The highest BCUT2D eigenvalue weighted by atomic mass is 19.4. The number of nitriles is 1. The number of halogens is 3. The van der Waals surface area contributed by atoms with Gasteiger partial charge in [0.2, 0.25) is 0 Å². The zero-order valence-electron chi connectivity index (χ0n) is 9.03. The van der Waals surface area contributed by atoms with Gasteiger partial charge in [0.15, 0.2) is 6.10 Å². The Morgan fingerprint density at radius 1 is 1.39 bits per heavy atom. The Morgan fingerprint density at radius 3 is 2.39 bits per heavy atom. The summed E-state index contributed by atoms with van der Waals surface area (Å²) >= 11 is 0. The molecule has 4 nitrogen and oxygen atoms in total. The van der Waals surface area contributed by atoms with Crippen LogP contribution in [0.15, 0.2) is 24.3 Å². The smallest absolute Gasteiger partial charge is 0.382 e. The average Bonchev–Trinajstić information content (AvgIpc) is 2.34. The molecule has 0 saturated heterocycles. The van der Waals surface area contributed by atoms with E-state index in [0.29, 0.717) is 5.56 Å². The first-order valence-electron chi connectivity index (χ1n) is 4.87. The van der Waals surface area contributed by atoms with Gasteiger partial charge in [0.1, 0.15) is 0 Å². The number of nitrogens with zero attached hydrogens (tertiary/aromatic N) is 1. The van der Waals surface area contributed by atoms with Crippen molar-refractivity contribution in [3.05, 3.63) is 35.4 Å². The van der Waals surface area contributed by atoms with E-state index in [1.54, 1.807) is 0 Å². The van der Waals surface area contributed by atoms with Crippen LogP contribution in [0.5, 0.6) is 0 Å². The fourth-order valence-corrected chi connectivity index (χ4v) is 1.10. The van der Waals surface area contributed by atoms with Gasteiger partial charge in [-0.1, -0.05) is 0 Å². The molecule has 0 aliphatic carbocycles. The van der Waals surface area contributed by atoms with Crippen LogP contribution in [0.1, 0.15) is 15.9 Å². The lowest BCUT2D eigenvalue weighted by Crippen LogP contribution is -2.40. The second-order valence-corrected chi connectivity index (χ2v) is 3.46. The van der Waals surface area contributed by atoms with E-state index in [9.17, 15) is 18.0 Å². The van der Waals surface area contributed by atoms with Crippen molar-refractivity contribution in [1.82, 2.24) is 5.32 Å². The Bertz CT molecular complexity index is 463. The molecule has 18 heavy (non-hydrogen) atoms. The van der Waals surface area contributed by atoms with E-state index in [4.69, 9.17) is 10.4 Å². The quantitative estimate of drug-likeness (QED) is 0.855. The van der Waals surface area contributed by atoms with Crippen molar-refractivity contribution < 1.29 is 23.1 Å². The van der Waals surface area contributed by atoms with Gasteiger partial charge in [-0.15, -0.1) is 0 Å². The summed E-state index contributed by atoms with van der Waals surface area (Å²) in [5.41, 5.74) is 0.449. The zero-order valence-corrected chi connectivity index (χ0v) is 9.03. The molecule has 0 heterocycles. The Hall–Kier alpha value is -2.07. The molecule has 7 heteroatoms. The maximum Gasteiger partial charge on any atom is 0.416 e. The van der Waals surface area contributed by atoms with Crippen molar-refractivity contribution in [1.29, 1.82) is 5.26 Å². The maximum absolute atomic E-state index is 12.0. The molecule has 0 bridgehead atoms. The predicted molar refractivity (Wildman–Crippen MR) is 55.6 cm³/mol. The maximum atomic E-state index is 12.0. The second kappa shape index (κ2) is 5.51. The molecule has 0 aromatic heterocycles. The third kappa shape index (κ3) is 3.75. The lowest BCUT2D eigenvalue weighted by molar-refractivity contribution is -0.201. The Balaban J connectivity index is 2.58. The van der Waals surface area contributed by atoms with Crippen molar-refractivity contribution in [3.63, 3.8) is 0 Å². The van der Waals surface area contributed by atoms with Gasteiger partial charge in [0.05, 0.1) is 18.2 Å². The highest BCUT2D eigenvalue weighted by molar-refractivity contribution is 5.94. The summed E-state index contributed by atoms with van der Waals surface area (Å²) in [5, 5.41) is 19.2. The van der Waals surface area contributed by atoms with E-state index in [2.05, 4.69) is 0 Å². The lowest BCUT2D eigenvalue weighted by atomic mass is 10.1. The average molecular weight is 258 g/mol. The number of alkyl halides is 3. The van der Waals surface area contributed by atoms with Crippen LogP contribution in [0, 0.1) is 11.3 Å². The summed E-state index contributed by atoms with van der Waals surface area (Å²) in [6.45, 7) is -0.914. The van der Waals surface area contributed by atoms with Gasteiger partial charge >= 0.3 is 6.18 Å². The molecule has 0 aliphatic rings. The molecule has 1 amide bonds.